The molecule has 1 N–H and O–H groups in total. The lowest BCUT2D eigenvalue weighted by Gasteiger charge is -2.21. The normalized spacial score (nSPS) is 16.8. The summed E-state index contributed by atoms with van der Waals surface area (Å²) in [5.74, 6) is 0. The van der Waals surface area contributed by atoms with Crippen molar-refractivity contribution in [2.24, 2.45) is 0 Å². The molecule has 2 rings (SSSR count). The van der Waals surface area contributed by atoms with E-state index in [-0.39, 0.29) is 5.25 Å². The van der Waals surface area contributed by atoms with Crippen molar-refractivity contribution in [1.82, 2.24) is 5.32 Å². The van der Waals surface area contributed by atoms with E-state index in [0.717, 1.165) is 32.4 Å². The highest BCUT2D eigenvalue weighted by atomic mass is 32.1. The van der Waals surface area contributed by atoms with Crippen LogP contribution in [0.1, 0.15) is 42.6 Å². The van der Waals surface area contributed by atoms with Crippen LogP contribution in [-0.4, -0.2) is 13.1 Å². The lowest BCUT2D eigenvalue weighted by atomic mass is 9.91. The van der Waals surface area contributed by atoms with Crippen molar-refractivity contribution in [3.05, 3.63) is 53.6 Å². The van der Waals surface area contributed by atoms with Crippen molar-refractivity contribution in [2.45, 2.75) is 31.4 Å². The van der Waals surface area contributed by atoms with E-state index in [9.17, 15) is 0 Å². The fourth-order valence-corrected chi connectivity index (χ4v) is 2.93. The molecule has 19 heavy (non-hydrogen) atoms. The zero-order chi connectivity index (χ0) is 13.7. The Bertz CT molecular complexity index is 476. The Morgan fingerprint density at radius 1 is 1.42 bits per heavy atom. The Balaban J connectivity index is 2.30. The maximum absolute atomic E-state index is 4.80. The molecule has 1 unspecified atom stereocenters. The number of nitrogens with one attached hydrogen (secondary N) is 1. The topological polar surface area (TPSA) is 12.0 Å². The monoisotopic (exact) mass is 273 g/mol. The van der Waals surface area contributed by atoms with Gasteiger partial charge in [-0.3, -0.25) is 0 Å². The van der Waals surface area contributed by atoms with E-state index in [4.69, 9.17) is 12.6 Å². The summed E-state index contributed by atoms with van der Waals surface area (Å²) in [6, 6.07) is 8.62. The summed E-state index contributed by atoms with van der Waals surface area (Å²) in [5, 5.41) is 3.51. The van der Waals surface area contributed by atoms with Gasteiger partial charge in [-0.1, -0.05) is 55.8 Å². The lowest BCUT2D eigenvalue weighted by molar-refractivity contribution is 0.738. The van der Waals surface area contributed by atoms with E-state index < -0.39 is 0 Å². The minimum Gasteiger partial charge on any atom is -0.313 e. The molecule has 0 aliphatic carbocycles. The molecule has 0 radical (unpaired) electrons. The smallest absolute Gasteiger partial charge is 0.0479 e. The summed E-state index contributed by atoms with van der Waals surface area (Å²) >= 11 is 4.80. The number of hydrogen-bond donors (Lipinski definition) is 2. The second kappa shape index (κ2) is 6.97. The van der Waals surface area contributed by atoms with Crippen LogP contribution in [0.25, 0.3) is 5.57 Å². The van der Waals surface area contributed by atoms with Gasteiger partial charge in [0.15, 0.2) is 0 Å². The Morgan fingerprint density at radius 3 is 2.89 bits per heavy atom. The highest BCUT2D eigenvalue weighted by Crippen LogP contribution is 2.35. The standard InChI is InChI=1S/C17H23NS/c1-3-6-13(2)17(19)16-8-5-4-7-15(16)14-9-11-18-12-10-14/h4-5,7-9,17-19H,2-3,6,10-12H2,1H3. The van der Waals surface area contributed by atoms with Gasteiger partial charge in [-0.2, -0.15) is 12.6 Å². The van der Waals surface area contributed by atoms with Crippen LogP contribution in [0, 0.1) is 0 Å². The number of thiol groups is 1. The first-order chi connectivity index (χ1) is 9.24. The van der Waals surface area contributed by atoms with Crippen LogP contribution in [0.4, 0.5) is 0 Å². The summed E-state index contributed by atoms with van der Waals surface area (Å²) in [4.78, 5) is 0. The van der Waals surface area contributed by atoms with Gasteiger partial charge in [0, 0.05) is 11.8 Å². The van der Waals surface area contributed by atoms with Gasteiger partial charge < -0.3 is 5.32 Å². The van der Waals surface area contributed by atoms with Crippen LogP contribution in [0.5, 0.6) is 0 Å². The van der Waals surface area contributed by atoms with Gasteiger partial charge in [-0.05, 0) is 36.1 Å². The molecule has 2 heteroatoms. The quantitative estimate of drug-likeness (QED) is 0.599. The van der Waals surface area contributed by atoms with E-state index in [2.05, 4.69) is 49.2 Å². The predicted octanol–water partition coefficient (Wildman–Crippen LogP) is 4.39. The molecule has 1 nitrogen and oxygen atoms in total. The summed E-state index contributed by atoms with van der Waals surface area (Å²) in [7, 11) is 0. The Hall–Kier alpha value is -0.990. The van der Waals surface area contributed by atoms with Crippen molar-refractivity contribution < 1.29 is 0 Å². The maximum atomic E-state index is 4.80. The van der Waals surface area contributed by atoms with Gasteiger partial charge in [-0.15, -0.1) is 0 Å². The van der Waals surface area contributed by atoms with Crippen molar-refractivity contribution in [3.63, 3.8) is 0 Å². The molecule has 1 aromatic carbocycles. The Morgan fingerprint density at radius 2 is 2.21 bits per heavy atom. The molecule has 1 aliphatic heterocycles. The predicted molar refractivity (Wildman–Crippen MR) is 87.7 cm³/mol. The van der Waals surface area contributed by atoms with Crippen molar-refractivity contribution in [2.75, 3.05) is 13.1 Å². The fourth-order valence-electron chi connectivity index (χ4n) is 2.57. The molecule has 1 aliphatic rings. The molecule has 1 atom stereocenters. The third-order valence-electron chi connectivity index (χ3n) is 3.62. The van der Waals surface area contributed by atoms with Gasteiger partial charge in [-0.25, -0.2) is 0 Å². The highest BCUT2D eigenvalue weighted by Gasteiger charge is 2.16. The molecular formula is C17H23NS. The van der Waals surface area contributed by atoms with E-state index in [1.54, 1.807) is 0 Å². The minimum atomic E-state index is 0.145. The summed E-state index contributed by atoms with van der Waals surface area (Å²) in [5.41, 5.74) is 5.31. The first kappa shape index (κ1) is 14.4. The summed E-state index contributed by atoms with van der Waals surface area (Å²) < 4.78 is 0. The lowest BCUT2D eigenvalue weighted by Crippen LogP contribution is -2.20. The van der Waals surface area contributed by atoms with E-state index in [0.29, 0.717) is 0 Å². The molecular weight excluding hydrogens is 250 g/mol. The number of hydrogen-bond acceptors (Lipinski definition) is 2. The molecule has 102 valence electrons. The molecule has 0 saturated heterocycles. The third-order valence-corrected chi connectivity index (χ3v) is 4.27. The van der Waals surface area contributed by atoms with Gasteiger partial charge in [0.05, 0.1) is 0 Å². The third kappa shape index (κ3) is 3.52. The molecule has 0 fully saturated rings. The van der Waals surface area contributed by atoms with Gasteiger partial charge in [0.25, 0.3) is 0 Å². The van der Waals surface area contributed by atoms with E-state index in [1.165, 1.54) is 22.3 Å². The number of benzene rings is 1. The Labute approximate surface area is 122 Å². The number of rotatable bonds is 5. The van der Waals surface area contributed by atoms with E-state index in [1.807, 2.05) is 0 Å². The van der Waals surface area contributed by atoms with Crippen LogP contribution in [-0.2, 0) is 0 Å². The summed E-state index contributed by atoms with van der Waals surface area (Å²) in [6.45, 7) is 8.42. The Kier molecular flexibility index (Phi) is 5.29. The molecule has 1 aromatic rings. The van der Waals surface area contributed by atoms with Crippen LogP contribution in [0.15, 0.2) is 42.5 Å². The average Bonchev–Trinajstić information content (AvgIpc) is 2.47. The molecule has 0 amide bonds. The average molecular weight is 273 g/mol. The van der Waals surface area contributed by atoms with Gasteiger partial charge in [0.1, 0.15) is 0 Å². The van der Waals surface area contributed by atoms with Crippen molar-refractivity contribution in [1.29, 1.82) is 0 Å². The SMILES string of the molecule is C=C(CCC)C(S)c1ccccc1C1=CCNCC1. The maximum Gasteiger partial charge on any atom is 0.0479 e. The zero-order valence-corrected chi connectivity index (χ0v) is 12.5. The largest absolute Gasteiger partial charge is 0.313 e. The van der Waals surface area contributed by atoms with Crippen LogP contribution in [0.3, 0.4) is 0 Å². The van der Waals surface area contributed by atoms with Crippen molar-refractivity contribution >= 4 is 18.2 Å². The zero-order valence-electron chi connectivity index (χ0n) is 11.7. The van der Waals surface area contributed by atoms with E-state index >= 15 is 0 Å². The van der Waals surface area contributed by atoms with Crippen LogP contribution < -0.4 is 5.32 Å². The molecule has 0 aromatic heterocycles. The molecule has 0 saturated carbocycles. The molecule has 1 heterocycles. The second-order valence-corrected chi connectivity index (χ2v) is 5.60. The van der Waals surface area contributed by atoms with Gasteiger partial charge >= 0.3 is 0 Å². The van der Waals surface area contributed by atoms with Crippen molar-refractivity contribution in [3.8, 4) is 0 Å². The fraction of sp³-hybridized carbons (Fsp3) is 0.412. The van der Waals surface area contributed by atoms with Gasteiger partial charge in [0.2, 0.25) is 0 Å². The first-order valence-corrected chi connectivity index (χ1v) is 7.60. The highest BCUT2D eigenvalue weighted by molar-refractivity contribution is 7.80. The molecule has 0 spiro atoms. The van der Waals surface area contributed by atoms with Crippen LogP contribution in [0.2, 0.25) is 0 Å². The summed E-state index contributed by atoms with van der Waals surface area (Å²) in [6.07, 6.45) is 5.57. The minimum absolute atomic E-state index is 0.145. The molecule has 0 bridgehead atoms. The second-order valence-electron chi connectivity index (χ2n) is 5.08. The van der Waals surface area contributed by atoms with Crippen LogP contribution >= 0.6 is 12.6 Å². The first-order valence-electron chi connectivity index (χ1n) is 7.08.